The Bertz CT molecular complexity index is 1180. The van der Waals surface area contributed by atoms with Crippen molar-refractivity contribution in [1.82, 2.24) is 9.91 Å². The van der Waals surface area contributed by atoms with Gasteiger partial charge >= 0.3 is 0 Å². The molecule has 0 aromatic heterocycles. The number of nitrogens with zero attached hydrogens (tertiary/aromatic N) is 3. The highest BCUT2D eigenvalue weighted by atomic mass is 16.5. The van der Waals surface area contributed by atoms with Crippen molar-refractivity contribution < 1.29 is 14.6 Å². The Morgan fingerprint density at radius 2 is 1.76 bits per heavy atom. The fraction of sp³-hybridized carbons (Fsp3) is 0.357. The number of fused-ring (bicyclic) bond motifs is 1. The molecule has 0 saturated carbocycles. The quantitative estimate of drug-likeness (QED) is 0.602. The van der Waals surface area contributed by atoms with Gasteiger partial charge in [-0.2, -0.15) is 5.10 Å². The van der Waals surface area contributed by atoms with E-state index in [0.29, 0.717) is 18.9 Å². The zero-order chi connectivity index (χ0) is 23.5. The van der Waals surface area contributed by atoms with E-state index in [9.17, 15) is 9.90 Å². The van der Waals surface area contributed by atoms with Crippen molar-refractivity contribution in [1.29, 1.82) is 0 Å². The molecule has 6 nitrogen and oxygen atoms in total. The zero-order valence-electron chi connectivity index (χ0n) is 19.6. The zero-order valence-corrected chi connectivity index (χ0v) is 19.6. The predicted molar refractivity (Wildman–Crippen MR) is 134 cm³/mol. The molecule has 0 aliphatic carbocycles. The van der Waals surface area contributed by atoms with Gasteiger partial charge in [-0.25, -0.2) is 5.01 Å². The van der Waals surface area contributed by atoms with E-state index in [1.54, 1.807) is 12.1 Å². The first-order chi connectivity index (χ1) is 16.6. The molecule has 0 radical (unpaired) electrons. The number of hydrogen-bond donors (Lipinski definition) is 1. The third-order valence-electron chi connectivity index (χ3n) is 7.07. The van der Waals surface area contributed by atoms with Crippen LogP contribution in [0.3, 0.4) is 0 Å². The second kappa shape index (κ2) is 9.95. The number of rotatable bonds is 6. The smallest absolute Gasteiger partial charge is 0.257 e. The molecule has 2 aliphatic heterocycles. The number of carbonyl (C=O) groups is 1. The summed E-state index contributed by atoms with van der Waals surface area (Å²) in [6, 6.07) is 22.4. The maximum atomic E-state index is 13.5. The monoisotopic (exact) mass is 457 g/mol. The van der Waals surface area contributed by atoms with Crippen LogP contribution < -0.4 is 4.74 Å². The second-order valence-corrected chi connectivity index (χ2v) is 9.24. The van der Waals surface area contributed by atoms with E-state index < -0.39 is 0 Å². The summed E-state index contributed by atoms with van der Waals surface area (Å²) < 4.78 is 5.32. The fourth-order valence-electron chi connectivity index (χ4n) is 4.96. The Labute approximate surface area is 200 Å². The molecule has 5 rings (SSSR count). The normalized spacial score (nSPS) is 19.4. The molecule has 1 unspecified atom stereocenters. The molecule has 0 spiro atoms. The Hall–Kier alpha value is -3.22. The number of likely N-dealkylation sites (tertiary alicyclic amines) is 1. The summed E-state index contributed by atoms with van der Waals surface area (Å²) in [5.41, 5.74) is 3.03. The predicted octanol–water partition coefficient (Wildman–Crippen LogP) is 4.23. The number of aliphatic hydroxyl groups excluding tert-OH is 1. The number of carbonyl (C=O) groups excluding carboxylic acids is 1. The van der Waals surface area contributed by atoms with Gasteiger partial charge in [0.15, 0.2) is 0 Å². The molecule has 34 heavy (non-hydrogen) atoms. The lowest BCUT2D eigenvalue weighted by Crippen LogP contribution is -2.42. The summed E-state index contributed by atoms with van der Waals surface area (Å²) in [5.74, 6) is 1.16. The summed E-state index contributed by atoms with van der Waals surface area (Å²) >= 11 is 0. The van der Waals surface area contributed by atoms with Gasteiger partial charge in [0.2, 0.25) is 0 Å². The van der Waals surface area contributed by atoms with Crippen LogP contribution in [0.15, 0.2) is 71.8 Å². The molecule has 2 heterocycles. The minimum Gasteiger partial charge on any atom is -0.497 e. The molecule has 0 bridgehead atoms. The van der Waals surface area contributed by atoms with Gasteiger partial charge in [0, 0.05) is 13.0 Å². The minimum atomic E-state index is -0.144. The van der Waals surface area contributed by atoms with Gasteiger partial charge in [0.05, 0.1) is 25.4 Å². The highest BCUT2D eigenvalue weighted by Crippen LogP contribution is 2.34. The molecule has 176 valence electrons. The van der Waals surface area contributed by atoms with E-state index >= 15 is 0 Å². The maximum absolute atomic E-state index is 13.5. The van der Waals surface area contributed by atoms with Crippen LogP contribution in [0, 0.1) is 5.92 Å². The van der Waals surface area contributed by atoms with Crippen molar-refractivity contribution in [2.45, 2.75) is 25.3 Å². The lowest BCUT2D eigenvalue weighted by molar-refractivity contribution is -0.134. The van der Waals surface area contributed by atoms with Gasteiger partial charge in [-0.15, -0.1) is 0 Å². The van der Waals surface area contributed by atoms with Crippen LogP contribution in [0.2, 0.25) is 0 Å². The van der Waals surface area contributed by atoms with Crippen molar-refractivity contribution in [3.8, 4) is 5.75 Å². The van der Waals surface area contributed by atoms with Crippen LogP contribution in [0.5, 0.6) is 5.75 Å². The van der Waals surface area contributed by atoms with Crippen molar-refractivity contribution in [3.05, 3.63) is 77.9 Å². The minimum absolute atomic E-state index is 0.0130. The van der Waals surface area contributed by atoms with Gasteiger partial charge in [0.25, 0.3) is 5.91 Å². The number of hydrogen-bond acceptors (Lipinski definition) is 5. The van der Waals surface area contributed by atoms with Gasteiger partial charge < -0.3 is 9.84 Å². The van der Waals surface area contributed by atoms with Crippen molar-refractivity contribution in [2.75, 3.05) is 33.4 Å². The van der Waals surface area contributed by atoms with E-state index in [2.05, 4.69) is 35.2 Å². The van der Waals surface area contributed by atoms with Crippen LogP contribution in [-0.4, -0.2) is 60.0 Å². The van der Waals surface area contributed by atoms with Gasteiger partial charge in [-0.1, -0.05) is 48.5 Å². The number of piperidine rings is 1. The standard InChI is InChI=1S/C28H31N3O3/c1-34-25-10-8-22(9-11-25)27-17-26(24-7-6-21-4-2-3-5-23(21)16-24)29-31(27)28(33)18-30-14-12-20(19-32)13-15-30/h2-11,16,20,27,32H,12-15,17-19H2,1H3. The number of hydrazone groups is 1. The molecule has 3 aromatic rings. The summed E-state index contributed by atoms with van der Waals surface area (Å²) in [6.45, 7) is 2.24. The van der Waals surface area contributed by atoms with Gasteiger partial charge in [-0.05, 0) is 71.9 Å². The average molecular weight is 458 g/mol. The number of ether oxygens (including phenoxy) is 1. The van der Waals surface area contributed by atoms with Crippen molar-refractivity contribution >= 4 is 22.4 Å². The summed E-state index contributed by atoms with van der Waals surface area (Å²) in [6.07, 6.45) is 2.53. The SMILES string of the molecule is COc1ccc(C2CC(c3ccc4ccccc4c3)=NN2C(=O)CN2CCC(CO)CC2)cc1. The van der Waals surface area contributed by atoms with Gasteiger partial charge in [0.1, 0.15) is 5.75 Å². The lowest BCUT2D eigenvalue weighted by Gasteiger charge is -2.32. The molecular formula is C28H31N3O3. The Morgan fingerprint density at radius 3 is 2.47 bits per heavy atom. The first kappa shape index (κ1) is 22.6. The largest absolute Gasteiger partial charge is 0.497 e. The molecule has 3 aromatic carbocycles. The van der Waals surface area contributed by atoms with Crippen molar-refractivity contribution in [2.24, 2.45) is 11.0 Å². The van der Waals surface area contributed by atoms with Crippen LogP contribution in [0.4, 0.5) is 0 Å². The molecule has 1 N–H and O–H groups in total. The molecule has 1 saturated heterocycles. The molecule has 1 fully saturated rings. The van der Waals surface area contributed by atoms with E-state index in [0.717, 1.165) is 48.5 Å². The van der Waals surface area contributed by atoms with Crippen LogP contribution in [0.25, 0.3) is 10.8 Å². The lowest BCUT2D eigenvalue weighted by atomic mass is 9.96. The third-order valence-corrected chi connectivity index (χ3v) is 7.07. The first-order valence-corrected chi connectivity index (χ1v) is 12.0. The Kier molecular flexibility index (Phi) is 6.61. The second-order valence-electron chi connectivity index (χ2n) is 9.24. The summed E-state index contributed by atoms with van der Waals surface area (Å²) in [7, 11) is 1.65. The third kappa shape index (κ3) is 4.69. The van der Waals surface area contributed by atoms with E-state index in [4.69, 9.17) is 9.84 Å². The van der Waals surface area contributed by atoms with E-state index in [1.165, 1.54) is 10.8 Å². The number of methoxy groups -OCH3 is 1. The summed E-state index contributed by atoms with van der Waals surface area (Å²) in [4.78, 5) is 15.6. The Balaban J connectivity index is 1.41. The summed E-state index contributed by atoms with van der Waals surface area (Å²) in [5, 5.41) is 18.3. The van der Waals surface area contributed by atoms with Crippen LogP contribution >= 0.6 is 0 Å². The molecular weight excluding hydrogens is 426 g/mol. The highest BCUT2D eigenvalue weighted by Gasteiger charge is 2.34. The first-order valence-electron chi connectivity index (χ1n) is 12.0. The van der Waals surface area contributed by atoms with E-state index in [-0.39, 0.29) is 18.6 Å². The number of aliphatic hydroxyl groups is 1. The average Bonchev–Trinajstić information content (AvgIpc) is 3.35. The fourth-order valence-corrected chi connectivity index (χ4v) is 4.96. The number of benzene rings is 3. The van der Waals surface area contributed by atoms with Crippen LogP contribution in [0.1, 0.15) is 36.4 Å². The van der Waals surface area contributed by atoms with E-state index in [1.807, 2.05) is 36.4 Å². The highest BCUT2D eigenvalue weighted by molar-refractivity contribution is 6.05. The topological polar surface area (TPSA) is 65.4 Å². The molecule has 1 amide bonds. The van der Waals surface area contributed by atoms with Gasteiger partial charge in [-0.3, -0.25) is 9.69 Å². The Morgan fingerprint density at radius 1 is 1.03 bits per heavy atom. The van der Waals surface area contributed by atoms with Crippen molar-refractivity contribution in [3.63, 3.8) is 0 Å². The maximum Gasteiger partial charge on any atom is 0.257 e. The number of amides is 1. The molecule has 1 atom stereocenters. The molecule has 6 heteroatoms. The van der Waals surface area contributed by atoms with Crippen LogP contribution in [-0.2, 0) is 4.79 Å². The molecule has 2 aliphatic rings.